The SMILES string of the molecule is CCCn1ccc(CNCCCCOC(C)C)c1. The second-order valence-electron chi connectivity index (χ2n) is 5.06. The average Bonchev–Trinajstić information content (AvgIpc) is 2.76. The number of rotatable bonds is 10. The molecule has 0 aliphatic carbocycles. The third-order valence-electron chi connectivity index (χ3n) is 2.82. The molecule has 0 aliphatic rings. The lowest BCUT2D eigenvalue weighted by atomic mass is 10.3. The number of nitrogens with zero attached hydrogens (tertiary/aromatic N) is 1. The predicted molar refractivity (Wildman–Crippen MR) is 76.8 cm³/mol. The van der Waals surface area contributed by atoms with E-state index in [4.69, 9.17) is 4.74 Å². The smallest absolute Gasteiger partial charge is 0.0518 e. The first-order chi connectivity index (χ1) is 8.72. The Morgan fingerprint density at radius 2 is 2.17 bits per heavy atom. The highest BCUT2D eigenvalue weighted by molar-refractivity contribution is 5.09. The summed E-state index contributed by atoms with van der Waals surface area (Å²) >= 11 is 0. The molecule has 0 spiro atoms. The van der Waals surface area contributed by atoms with Crippen LogP contribution in [0.1, 0.15) is 45.6 Å². The van der Waals surface area contributed by atoms with Crippen molar-refractivity contribution in [3.05, 3.63) is 24.0 Å². The molecule has 1 aromatic rings. The Labute approximate surface area is 112 Å². The van der Waals surface area contributed by atoms with Crippen molar-refractivity contribution in [1.29, 1.82) is 0 Å². The van der Waals surface area contributed by atoms with E-state index in [1.807, 2.05) is 0 Å². The van der Waals surface area contributed by atoms with Crippen LogP contribution >= 0.6 is 0 Å². The number of unbranched alkanes of at least 4 members (excludes halogenated alkanes) is 1. The number of nitrogens with one attached hydrogen (secondary N) is 1. The van der Waals surface area contributed by atoms with Crippen LogP contribution in [0.5, 0.6) is 0 Å². The molecule has 1 rings (SSSR count). The Morgan fingerprint density at radius 3 is 2.89 bits per heavy atom. The zero-order chi connectivity index (χ0) is 13.2. The quantitative estimate of drug-likeness (QED) is 0.647. The van der Waals surface area contributed by atoms with E-state index in [0.717, 1.165) is 32.7 Å². The molecular weight excluding hydrogens is 224 g/mol. The molecule has 1 heterocycles. The maximum absolute atomic E-state index is 5.51. The zero-order valence-corrected chi connectivity index (χ0v) is 12.1. The van der Waals surface area contributed by atoms with Crippen LogP contribution in [0.4, 0.5) is 0 Å². The minimum absolute atomic E-state index is 0.358. The van der Waals surface area contributed by atoms with Crippen molar-refractivity contribution in [3.63, 3.8) is 0 Å². The Kier molecular flexibility index (Phi) is 7.78. The molecule has 0 aromatic carbocycles. The van der Waals surface area contributed by atoms with Gasteiger partial charge in [0.05, 0.1) is 6.10 Å². The first-order valence-corrected chi connectivity index (χ1v) is 7.19. The summed E-state index contributed by atoms with van der Waals surface area (Å²) in [5.41, 5.74) is 1.38. The molecule has 0 saturated heterocycles. The van der Waals surface area contributed by atoms with Crippen LogP contribution in [-0.2, 0) is 17.8 Å². The van der Waals surface area contributed by atoms with Crippen molar-refractivity contribution in [2.75, 3.05) is 13.2 Å². The van der Waals surface area contributed by atoms with E-state index in [2.05, 4.69) is 49.1 Å². The van der Waals surface area contributed by atoms with E-state index >= 15 is 0 Å². The molecule has 104 valence electrons. The lowest BCUT2D eigenvalue weighted by Gasteiger charge is -2.07. The van der Waals surface area contributed by atoms with Gasteiger partial charge in [-0.05, 0) is 51.3 Å². The van der Waals surface area contributed by atoms with Crippen molar-refractivity contribution in [2.45, 2.75) is 59.2 Å². The third kappa shape index (κ3) is 6.82. The van der Waals surface area contributed by atoms with Gasteiger partial charge in [0.2, 0.25) is 0 Å². The Hall–Kier alpha value is -0.800. The van der Waals surface area contributed by atoms with Crippen molar-refractivity contribution in [3.8, 4) is 0 Å². The molecule has 1 N–H and O–H groups in total. The molecule has 1 aromatic heterocycles. The van der Waals surface area contributed by atoms with Crippen LogP contribution < -0.4 is 5.32 Å². The van der Waals surface area contributed by atoms with Crippen LogP contribution in [-0.4, -0.2) is 23.8 Å². The van der Waals surface area contributed by atoms with Gasteiger partial charge in [0, 0.05) is 32.1 Å². The first-order valence-electron chi connectivity index (χ1n) is 7.19. The Bertz CT molecular complexity index is 307. The predicted octanol–water partition coefficient (Wildman–Crippen LogP) is 3.19. The van der Waals surface area contributed by atoms with Gasteiger partial charge in [-0.2, -0.15) is 0 Å². The normalized spacial score (nSPS) is 11.3. The summed E-state index contributed by atoms with van der Waals surface area (Å²) in [4.78, 5) is 0. The van der Waals surface area contributed by atoms with Gasteiger partial charge in [0.15, 0.2) is 0 Å². The van der Waals surface area contributed by atoms with E-state index in [-0.39, 0.29) is 0 Å². The highest BCUT2D eigenvalue weighted by Crippen LogP contribution is 2.02. The van der Waals surface area contributed by atoms with Gasteiger partial charge in [0.25, 0.3) is 0 Å². The molecule has 0 amide bonds. The first kappa shape index (κ1) is 15.3. The molecule has 0 atom stereocenters. The molecule has 3 heteroatoms. The Balaban J connectivity index is 2.00. The fourth-order valence-corrected chi connectivity index (χ4v) is 1.90. The lowest BCUT2D eigenvalue weighted by molar-refractivity contribution is 0.0760. The van der Waals surface area contributed by atoms with Gasteiger partial charge in [-0.3, -0.25) is 0 Å². The summed E-state index contributed by atoms with van der Waals surface area (Å²) in [6.07, 6.45) is 8.27. The lowest BCUT2D eigenvalue weighted by Crippen LogP contribution is -2.15. The van der Waals surface area contributed by atoms with E-state index in [0.29, 0.717) is 6.10 Å². The summed E-state index contributed by atoms with van der Waals surface area (Å²) in [6, 6.07) is 2.20. The molecule has 0 radical (unpaired) electrons. The molecule has 0 aliphatic heterocycles. The van der Waals surface area contributed by atoms with Gasteiger partial charge in [-0.15, -0.1) is 0 Å². The van der Waals surface area contributed by atoms with Gasteiger partial charge < -0.3 is 14.6 Å². The fourth-order valence-electron chi connectivity index (χ4n) is 1.90. The molecule has 0 bridgehead atoms. The molecule has 0 unspecified atom stereocenters. The summed E-state index contributed by atoms with van der Waals surface area (Å²) in [7, 11) is 0. The summed E-state index contributed by atoms with van der Waals surface area (Å²) in [5, 5.41) is 3.48. The summed E-state index contributed by atoms with van der Waals surface area (Å²) < 4.78 is 7.76. The monoisotopic (exact) mass is 252 g/mol. The number of aromatic nitrogens is 1. The molecule has 0 fully saturated rings. The van der Waals surface area contributed by atoms with Crippen molar-refractivity contribution in [1.82, 2.24) is 9.88 Å². The molecule has 3 nitrogen and oxygen atoms in total. The highest BCUT2D eigenvalue weighted by atomic mass is 16.5. The van der Waals surface area contributed by atoms with Crippen molar-refractivity contribution >= 4 is 0 Å². The van der Waals surface area contributed by atoms with Crippen LogP contribution in [0.2, 0.25) is 0 Å². The number of aryl methyl sites for hydroxylation is 1. The topological polar surface area (TPSA) is 26.2 Å². The van der Waals surface area contributed by atoms with Crippen molar-refractivity contribution < 1.29 is 4.74 Å². The maximum atomic E-state index is 5.51. The van der Waals surface area contributed by atoms with Crippen molar-refractivity contribution in [2.24, 2.45) is 0 Å². The molecular formula is C15H28N2O. The second-order valence-corrected chi connectivity index (χ2v) is 5.06. The summed E-state index contributed by atoms with van der Waals surface area (Å²) in [5.74, 6) is 0. The standard InChI is InChI=1S/C15H28N2O/c1-4-9-17-10-7-15(13-17)12-16-8-5-6-11-18-14(2)3/h7,10,13-14,16H,4-6,8-9,11-12H2,1-3H3. The fraction of sp³-hybridized carbons (Fsp3) is 0.733. The summed E-state index contributed by atoms with van der Waals surface area (Å²) in [6.45, 7) is 10.4. The number of ether oxygens (including phenoxy) is 1. The van der Waals surface area contributed by atoms with E-state index in [9.17, 15) is 0 Å². The van der Waals surface area contributed by atoms with E-state index < -0.39 is 0 Å². The zero-order valence-electron chi connectivity index (χ0n) is 12.1. The highest BCUT2D eigenvalue weighted by Gasteiger charge is 1.97. The largest absolute Gasteiger partial charge is 0.379 e. The van der Waals surface area contributed by atoms with E-state index in [1.165, 1.54) is 18.4 Å². The number of hydrogen-bond acceptors (Lipinski definition) is 2. The molecule has 0 saturated carbocycles. The van der Waals surface area contributed by atoms with Crippen LogP contribution in [0.15, 0.2) is 18.5 Å². The van der Waals surface area contributed by atoms with Crippen LogP contribution in [0.3, 0.4) is 0 Å². The minimum Gasteiger partial charge on any atom is -0.379 e. The van der Waals surface area contributed by atoms with Gasteiger partial charge in [0.1, 0.15) is 0 Å². The molecule has 18 heavy (non-hydrogen) atoms. The van der Waals surface area contributed by atoms with Crippen LogP contribution in [0.25, 0.3) is 0 Å². The number of hydrogen-bond donors (Lipinski definition) is 1. The second kappa shape index (κ2) is 9.17. The Morgan fingerprint density at radius 1 is 1.33 bits per heavy atom. The van der Waals surface area contributed by atoms with Crippen LogP contribution in [0, 0.1) is 0 Å². The van der Waals surface area contributed by atoms with E-state index in [1.54, 1.807) is 0 Å². The van der Waals surface area contributed by atoms with Gasteiger partial charge >= 0.3 is 0 Å². The van der Waals surface area contributed by atoms with Gasteiger partial charge in [-0.1, -0.05) is 6.92 Å². The third-order valence-corrected chi connectivity index (χ3v) is 2.82. The van der Waals surface area contributed by atoms with Gasteiger partial charge in [-0.25, -0.2) is 0 Å². The minimum atomic E-state index is 0.358. The average molecular weight is 252 g/mol. The maximum Gasteiger partial charge on any atom is 0.0518 e.